The van der Waals surface area contributed by atoms with E-state index in [2.05, 4.69) is 38.5 Å². The number of H-pyrrole nitrogens is 1. The summed E-state index contributed by atoms with van der Waals surface area (Å²) in [5.74, 6) is 0.464. The third-order valence-electron chi connectivity index (χ3n) is 7.67. The Hall–Kier alpha value is -3.62. The topological polar surface area (TPSA) is 138 Å². The van der Waals surface area contributed by atoms with Gasteiger partial charge in [0.25, 0.3) is 0 Å². The van der Waals surface area contributed by atoms with Gasteiger partial charge < -0.3 is 15.0 Å². The maximum Gasteiger partial charge on any atom is 0.408 e. The Morgan fingerprint density at radius 3 is 2.55 bits per heavy atom. The largest absolute Gasteiger partial charge is 0.444 e. The number of alkyl carbamates (subject to hydrolysis) is 1. The van der Waals surface area contributed by atoms with Gasteiger partial charge in [0.15, 0.2) is 11.3 Å². The number of amides is 1. The van der Waals surface area contributed by atoms with Crippen LogP contribution in [-0.2, 0) is 11.8 Å². The van der Waals surface area contributed by atoms with Crippen molar-refractivity contribution in [2.24, 2.45) is 7.05 Å². The molecule has 11 nitrogen and oxygen atoms in total. The molecule has 1 amide bonds. The van der Waals surface area contributed by atoms with Crippen LogP contribution in [0.1, 0.15) is 59.1 Å². The van der Waals surface area contributed by atoms with Gasteiger partial charge in [0.1, 0.15) is 16.8 Å². The van der Waals surface area contributed by atoms with E-state index in [1.807, 2.05) is 32.9 Å². The first-order valence-electron chi connectivity index (χ1n) is 13.1. The highest BCUT2D eigenvalue weighted by atomic mass is 35.5. The molecule has 2 fully saturated rings. The van der Waals surface area contributed by atoms with Crippen molar-refractivity contribution in [2.45, 2.75) is 76.6 Å². The summed E-state index contributed by atoms with van der Waals surface area (Å²) in [6, 6.07) is 6.08. The van der Waals surface area contributed by atoms with E-state index in [4.69, 9.17) is 37.9 Å². The number of anilines is 1. The van der Waals surface area contributed by atoms with Gasteiger partial charge in [-0.05, 0) is 65.5 Å². The minimum Gasteiger partial charge on any atom is -0.444 e. The minimum absolute atomic E-state index is 0.102. The number of hydrogen-bond acceptors (Lipinski definition) is 8. The number of nitrogens with one attached hydrogen (secondary N) is 2. The summed E-state index contributed by atoms with van der Waals surface area (Å²) in [6.07, 6.45) is 2.87. The Kier molecular flexibility index (Phi) is 6.12. The fourth-order valence-electron chi connectivity index (χ4n) is 6.17. The molecule has 0 radical (unpaired) electrons. The lowest BCUT2D eigenvalue weighted by atomic mass is 9.84. The summed E-state index contributed by atoms with van der Waals surface area (Å²) in [6.45, 7) is 7.60. The third-order valence-corrected chi connectivity index (χ3v) is 8.50. The van der Waals surface area contributed by atoms with Crippen LogP contribution in [0.2, 0.25) is 10.2 Å². The lowest BCUT2D eigenvalue weighted by Gasteiger charge is -2.45. The zero-order valence-corrected chi connectivity index (χ0v) is 24.4. The molecule has 2 N–H and O–H groups in total. The standard InChI is InChI=1S/C27H29Cl2N9O2/c1-26(2,3)40-25(39)33-27(4)10-13-6-7-14(11-27)38(13)24-31-17(12-30)19-21(34-35-23(19)32-24)15-8-9-16-18(20(15)28)22(29)37(5)36-16/h8-9,13-14H,6-7,10-11H2,1-5H3,(H,33,39)(H,31,32,34,35). The highest BCUT2D eigenvalue weighted by molar-refractivity contribution is 6.43. The second kappa shape index (κ2) is 9.21. The molecule has 13 heteroatoms. The van der Waals surface area contributed by atoms with Crippen LogP contribution in [-0.4, -0.2) is 59.3 Å². The molecule has 2 atom stereocenters. The van der Waals surface area contributed by atoms with Crippen LogP contribution >= 0.6 is 23.2 Å². The van der Waals surface area contributed by atoms with E-state index in [-0.39, 0.29) is 17.8 Å². The third kappa shape index (κ3) is 4.39. The first-order valence-corrected chi connectivity index (χ1v) is 13.9. The van der Waals surface area contributed by atoms with Crippen molar-refractivity contribution in [1.29, 1.82) is 5.26 Å². The lowest BCUT2D eigenvalue weighted by molar-refractivity contribution is 0.0437. The van der Waals surface area contributed by atoms with Gasteiger partial charge in [0.2, 0.25) is 5.95 Å². The van der Waals surface area contributed by atoms with Crippen molar-refractivity contribution in [3.05, 3.63) is 28.0 Å². The SMILES string of the molecule is Cn1nc2ccc(-c3[nH]nc4nc(N5C6CCC5CC(C)(NC(=O)OC(C)(C)C)C6)nc(C#N)c34)c(Cl)c2c1Cl. The van der Waals surface area contributed by atoms with E-state index in [9.17, 15) is 10.1 Å². The molecule has 0 aliphatic carbocycles. The zero-order valence-electron chi connectivity index (χ0n) is 22.8. The van der Waals surface area contributed by atoms with Crippen molar-refractivity contribution in [1.82, 2.24) is 35.3 Å². The number of hydrogen-bond donors (Lipinski definition) is 2. The number of halogens is 2. The number of aromatic amines is 1. The molecule has 0 spiro atoms. The smallest absolute Gasteiger partial charge is 0.408 e. The molecule has 2 saturated heterocycles. The molecular weight excluding hydrogens is 553 g/mol. The van der Waals surface area contributed by atoms with Crippen molar-refractivity contribution in [3.8, 4) is 17.3 Å². The number of fused-ring (bicyclic) bond motifs is 4. The zero-order chi connectivity index (χ0) is 28.6. The van der Waals surface area contributed by atoms with E-state index >= 15 is 0 Å². The first-order chi connectivity index (χ1) is 18.9. The Morgan fingerprint density at radius 2 is 1.90 bits per heavy atom. The van der Waals surface area contributed by atoms with Crippen LogP contribution < -0.4 is 10.2 Å². The summed E-state index contributed by atoms with van der Waals surface area (Å²) < 4.78 is 7.07. The van der Waals surface area contributed by atoms with Crippen LogP contribution in [0.25, 0.3) is 33.2 Å². The van der Waals surface area contributed by atoms with Gasteiger partial charge in [0.05, 0.1) is 27.0 Å². The monoisotopic (exact) mass is 581 g/mol. The number of rotatable bonds is 3. The number of benzene rings is 1. The molecule has 5 heterocycles. The van der Waals surface area contributed by atoms with Gasteiger partial charge in [-0.3, -0.25) is 9.78 Å². The van der Waals surface area contributed by atoms with Crippen molar-refractivity contribution >= 4 is 57.2 Å². The predicted octanol–water partition coefficient (Wildman–Crippen LogP) is 5.50. The minimum atomic E-state index is -0.570. The molecule has 40 heavy (non-hydrogen) atoms. The van der Waals surface area contributed by atoms with Gasteiger partial charge >= 0.3 is 6.09 Å². The van der Waals surface area contributed by atoms with Gasteiger partial charge in [0, 0.05) is 30.2 Å². The van der Waals surface area contributed by atoms with Crippen LogP contribution in [0.4, 0.5) is 10.7 Å². The number of nitrogens with zero attached hydrogens (tertiary/aromatic N) is 7. The van der Waals surface area contributed by atoms with Crippen molar-refractivity contribution < 1.29 is 9.53 Å². The predicted molar refractivity (Wildman–Crippen MR) is 152 cm³/mol. The molecule has 2 unspecified atom stereocenters. The normalized spacial score (nSPS) is 22.6. The van der Waals surface area contributed by atoms with Crippen LogP contribution in [0.5, 0.6) is 0 Å². The summed E-state index contributed by atoms with van der Waals surface area (Å²) in [4.78, 5) is 24.2. The van der Waals surface area contributed by atoms with Gasteiger partial charge in [-0.25, -0.2) is 9.78 Å². The van der Waals surface area contributed by atoms with E-state index in [1.165, 1.54) is 0 Å². The van der Waals surface area contributed by atoms with E-state index in [0.29, 0.717) is 62.2 Å². The maximum absolute atomic E-state index is 12.5. The second-order valence-electron chi connectivity index (χ2n) is 11.9. The Balaban J connectivity index is 1.34. The first kappa shape index (κ1) is 26.6. The molecule has 208 valence electrons. The average molecular weight is 582 g/mol. The number of piperidine rings is 1. The molecule has 1 aromatic carbocycles. The number of carbonyl (C=O) groups is 1. The van der Waals surface area contributed by atoms with Crippen molar-refractivity contribution in [2.75, 3.05) is 4.90 Å². The highest BCUT2D eigenvalue weighted by Crippen LogP contribution is 2.44. The van der Waals surface area contributed by atoms with E-state index < -0.39 is 17.2 Å². The number of ether oxygens (including phenoxy) is 1. The quantitative estimate of drug-likeness (QED) is 0.323. The highest BCUT2D eigenvalue weighted by Gasteiger charge is 2.48. The van der Waals surface area contributed by atoms with Crippen LogP contribution in [0.3, 0.4) is 0 Å². The molecule has 4 aromatic rings. The molecule has 2 aliphatic heterocycles. The average Bonchev–Trinajstić information content (AvgIpc) is 3.50. The van der Waals surface area contributed by atoms with Gasteiger partial charge in [-0.15, -0.1) is 0 Å². The van der Waals surface area contributed by atoms with Crippen molar-refractivity contribution in [3.63, 3.8) is 0 Å². The molecule has 6 rings (SSSR count). The van der Waals surface area contributed by atoms with Gasteiger partial charge in [-0.2, -0.15) is 20.4 Å². The van der Waals surface area contributed by atoms with Gasteiger partial charge in [-0.1, -0.05) is 23.2 Å². The van der Waals surface area contributed by atoms with Crippen LogP contribution in [0.15, 0.2) is 12.1 Å². The molecule has 0 saturated carbocycles. The fraction of sp³-hybridized carbons (Fsp3) is 0.481. The van der Waals surface area contributed by atoms with E-state index in [1.54, 1.807) is 11.7 Å². The summed E-state index contributed by atoms with van der Waals surface area (Å²) in [5, 5.41) is 27.0. The van der Waals surface area contributed by atoms with E-state index in [0.717, 1.165) is 12.8 Å². The Labute approximate surface area is 240 Å². The molecular formula is C27H29Cl2N9O2. The lowest BCUT2D eigenvalue weighted by Crippen LogP contribution is -2.58. The summed E-state index contributed by atoms with van der Waals surface area (Å²) in [7, 11) is 1.75. The molecule has 3 aromatic heterocycles. The second-order valence-corrected chi connectivity index (χ2v) is 12.6. The molecule has 2 bridgehead atoms. The maximum atomic E-state index is 12.5. The number of aromatic nitrogens is 6. The molecule has 2 aliphatic rings. The number of aryl methyl sites for hydroxylation is 1. The summed E-state index contributed by atoms with van der Waals surface area (Å²) >= 11 is 13.2. The number of carbonyl (C=O) groups excluding carboxylic acids is 1. The summed E-state index contributed by atoms with van der Waals surface area (Å²) in [5.41, 5.74) is 1.43. The number of nitriles is 1. The fourth-order valence-corrected chi connectivity index (χ4v) is 6.80. The Morgan fingerprint density at radius 1 is 1.20 bits per heavy atom. The Bertz CT molecular complexity index is 1700. The van der Waals surface area contributed by atoms with Crippen LogP contribution in [0, 0.1) is 11.3 Å².